The van der Waals surface area contributed by atoms with E-state index in [1.54, 1.807) is 0 Å². The number of aryl methyl sites for hydroxylation is 1. The summed E-state index contributed by atoms with van der Waals surface area (Å²) in [6, 6.07) is 15.0. The molecule has 7 heteroatoms. The van der Waals surface area contributed by atoms with Crippen molar-refractivity contribution in [2.45, 2.75) is 45.4 Å². The van der Waals surface area contributed by atoms with Crippen LogP contribution in [0.1, 0.15) is 38.3 Å². The normalized spacial score (nSPS) is 18.3. The molecule has 2 aromatic carbocycles. The Kier molecular flexibility index (Phi) is 5.96. The van der Waals surface area contributed by atoms with E-state index >= 15 is 0 Å². The maximum Gasteiger partial charge on any atom is 0.270 e. The molecule has 6 nitrogen and oxygen atoms in total. The zero-order valence-electron chi connectivity index (χ0n) is 18.1. The second kappa shape index (κ2) is 8.67. The van der Waals surface area contributed by atoms with Crippen LogP contribution in [0.25, 0.3) is 0 Å². The van der Waals surface area contributed by atoms with Gasteiger partial charge in [-0.25, -0.2) is 4.99 Å². The Hall–Kier alpha value is -2.93. The lowest BCUT2D eigenvalue weighted by atomic mass is 10.0. The minimum atomic E-state index is -0.402. The Bertz CT molecular complexity index is 1090. The van der Waals surface area contributed by atoms with E-state index in [2.05, 4.69) is 24.2 Å². The topological polar surface area (TPSA) is 74.1 Å². The van der Waals surface area contributed by atoms with Crippen LogP contribution < -0.4 is 5.32 Å². The predicted octanol–water partition coefficient (Wildman–Crippen LogP) is 4.76. The summed E-state index contributed by atoms with van der Waals surface area (Å²) in [5.74, 6) is 0.705. The van der Waals surface area contributed by atoms with Crippen LogP contribution in [-0.2, 0) is 9.59 Å². The van der Waals surface area contributed by atoms with Crippen molar-refractivity contribution >= 4 is 46.0 Å². The molecule has 4 rings (SSSR count). The largest absolute Gasteiger partial charge is 0.325 e. The molecule has 0 aliphatic carbocycles. The van der Waals surface area contributed by atoms with Gasteiger partial charge in [-0.2, -0.15) is 4.99 Å². The first-order chi connectivity index (χ1) is 14.8. The van der Waals surface area contributed by atoms with Gasteiger partial charge >= 0.3 is 0 Å². The molecule has 2 heterocycles. The number of carbonyl (C=O) groups is 2. The second-order valence-electron chi connectivity index (χ2n) is 8.32. The van der Waals surface area contributed by atoms with Crippen molar-refractivity contribution in [2.75, 3.05) is 5.32 Å². The first-order valence-corrected chi connectivity index (χ1v) is 11.4. The van der Waals surface area contributed by atoms with E-state index in [0.717, 1.165) is 22.5 Å². The monoisotopic (exact) mass is 434 g/mol. The van der Waals surface area contributed by atoms with E-state index in [9.17, 15) is 9.59 Å². The Morgan fingerprint density at radius 1 is 1.13 bits per heavy atom. The van der Waals surface area contributed by atoms with Gasteiger partial charge in [0.15, 0.2) is 5.17 Å². The number of nitrogens with one attached hydrogen (secondary N) is 1. The molecule has 2 atom stereocenters. The van der Waals surface area contributed by atoms with E-state index in [1.165, 1.54) is 11.8 Å². The molecule has 0 saturated heterocycles. The van der Waals surface area contributed by atoms with E-state index < -0.39 is 5.25 Å². The summed E-state index contributed by atoms with van der Waals surface area (Å²) in [6.45, 7) is 8.02. The maximum atomic E-state index is 12.9. The number of fused-ring (bicyclic) bond motifs is 3. The number of amides is 2. The summed E-state index contributed by atoms with van der Waals surface area (Å²) >= 11 is 1.36. The highest BCUT2D eigenvalue weighted by Gasteiger charge is 2.42. The smallest absolute Gasteiger partial charge is 0.270 e. The number of nitrogens with zero attached hydrogens (tertiary/aromatic N) is 3. The molecule has 2 aromatic rings. The fourth-order valence-corrected chi connectivity index (χ4v) is 4.70. The molecule has 0 saturated carbocycles. The Labute approximate surface area is 186 Å². The number of benzene rings is 2. The SMILES string of the molecule is Cc1cccc(NC(=O)C(C)SC2=Nc3ccccc3C3=NC(=O)C(CC(C)C)N23)c1. The Morgan fingerprint density at radius 3 is 2.65 bits per heavy atom. The third-order valence-corrected chi connectivity index (χ3v) is 6.31. The number of hydrogen-bond donors (Lipinski definition) is 1. The molecule has 2 aliphatic rings. The average Bonchev–Trinajstić information content (AvgIpc) is 3.04. The zero-order chi connectivity index (χ0) is 22.1. The Balaban J connectivity index is 1.61. The van der Waals surface area contributed by atoms with E-state index in [4.69, 9.17) is 4.99 Å². The number of anilines is 1. The predicted molar refractivity (Wildman–Crippen MR) is 127 cm³/mol. The van der Waals surface area contributed by atoms with Gasteiger partial charge in [-0.15, -0.1) is 0 Å². The van der Waals surface area contributed by atoms with Crippen LogP contribution in [0.4, 0.5) is 11.4 Å². The molecule has 0 aromatic heterocycles. The van der Waals surface area contributed by atoms with Gasteiger partial charge in [0, 0.05) is 11.3 Å². The summed E-state index contributed by atoms with van der Waals surface area (Å²) in [7, 11) is 0. The lowest BCUT2D eigenvalue weighted by Gasteiger charge is -2.32. The summed E-state index contributed by atoms with van der Waals surface area (Å²) in [4.78, 5) is 36.7. The summed E-state index contributed by atoms with van der Waals surface area (Å²) in [5.41, 5.74) is 3.47. The van der Waals surface area contributed by atoms with E-state index in [1.807, 2.05) is 67.3 Å². The van der Waals surface area contributed by atoms with Gasteiger partial charge < -0.3 is 5.32 Å². The number of thioether (sulfide) groups is 1. The molecule has 160 valence electrons. The molecule has 0 radical (unpaired) electrons. The lowest BCUT2D eigenvalue weighted by Crippen LogP contribution is -2.45. The highest BCUT2D eigenvalue weighted by molar-refractivity contribution is 8.14. The number of hydrogen-bond acceptors (Lipinski definition) is 5. The van der Waals surface area contributed by atoms with Crippen LogP contribution in [0, 0.1) is 12.8 Å². The molecule has 0 fully saturated rings. The molecular weight excluding hydrogens is 408 g/mol. The third-order valence-electron chi connectivity index (χ3n) is 5.24. The van der Waals surface area contributed by atoms with Gasteiger partial charge in [-0.1, -0.05) is 49.9 Å². The summed E-state index contributed by atoms with van der Waals surface area (Å²) in [6.07, 6.45) is 0.678. The molecule has 31 heavy (non-hydrogen) atoms. The van der Waals surface area contributed by atoms with Crippen molar-refractivity contribution < 1.29 is 9.59 Å². The van der Waals surface area contributed by atoms with Crippen LogP contribution >= 0.6 is 11.8 Å². The number of amidine groups is 2. The number of carbonyl (C=O) groups excluding carboxylic acids is 2. The van der Waals surface area contributed by atoms with Gasteiger partial charge in [0.05, 0.1) is 10.9 Å². The molecule has 1 N–H and O–H groups in total. The van der Waals surface area contributed by atoms with Gasteiger partial charge in [0.25, 0.3) is 5.91 Å². The molecule has 2 aliphatic heterocycles. The first kappa shape index (κ1) is 21.3. The highest BCUT2D eigenvalue weighted by Crippen LogP contribution is 2.36. The standard InChI is InChI=1S/C24H26N4O2S/c1-14(2)12-20-23(30)27-21-18-10-5-6-11-19(18)26-24(28(20)21)31-16(4)22(29)25-17-9-7-8-15(3)13-17/h5-11,13-14,16,20H,12H2,1-4H3,(H,25,29). The van der Waals surface area contributed by atoms with Gasteiger partial charge in [-0.3, -0.25) is 14.5 Å². The quantitative estimate of drug-likeness (QED) is 0.736. The van der Waals surface area contributed by atoms with Crippen LogP contribution in [0.15, 0.2) is 58.5 Å². The van der Waals surface area contributed by atoms with Crippen LogP contribution in [0.3, 0.4) is 0 Å². The van der Waals surface area contributed by atoms with Crippen LogP contribution in [0.5, 0.6) is 0 Å². The van der Waals surface area contributed by atoms with Gasteiger partial charge in [0.2, 0.25) is 5.91 Å². The highest BCUT2D eigenvalue weighted by atomic mass is 32.2. The van der Waals surface area contributed by atoms with Gasteiger partial charge in [0.1, 0.15) is 11.9 Å². The fourth-order valence-electron chi connectivity index (χ4n) is 3.74. The zero-order valence-corrected chi connectivity index (χ0v) is 18.9. The van der Waals surface area contributed by atoms with E-state index in [-0.39, 0.29) is 17.9 Å². The van der Waals surface area contributed by atoms with Crippen molar-refractivity contribution in [1.29, 1.82) is 0 Å². The lowest BCUT2D eigenvalue weighted by molar-refractivity contribution is -0.120. The van der Waals surface area contributed by atoms with Gasteiger partial charge in [-0.05, 0) is 56.0 Å². The third kappa shape index (κ3) is 4.42. The van der Waals surface area contributed by atoms with Crippen LogP contribution in [-0.4, -0.2) is 39.0 Å². The van der Waals surface area contributed by atoms with Crippen LogP contribution in [0.2, 0.25) is 0 Å². The molecule has 2 amide bonds. The summed E-state index contributed by atoms with van der Waals surface area (Å²) < 4.78 is 0. The number of aliphatic imine (C=N–C) groups is 2. The van der Waals surface area contributed by atoms with E-state index in [0.29, 0.717) is 23.3 Å². The minimum Gasteiger partial charge on any atom is -0.325 e. The number of para-hydroxylation sites is 1. The summed E-state index contributed by atoms with van der Waals surface area (Å²) in [5, 5.41) is 3.21. The van der Waals surface area contributed by atoms with Crippen molar-refractivity contribution in [3.63, 3.8) is 0 Å². The fraction of sp³-hybridized carbons (Fsp3) is 0.333. The Morgan fingerprint density at radius 2 is 1.90 bits per heavy atom. The second-order valence-corrected chi connectivity index (χ2v) is 9.63. The average molecular weight is 435 g/mol. The molecule has 0 bridgehead atoms. The minimum absolute atomic E-state index is 0.110. The first-order valence-electron chi connectivity index (χ1n) is 10.5. The van der Waals surface area contributed by atoms with Crippen molar-refractivity contribution in [2.24, 2.45) is 15.9 Å². The molecule has 0 spiro atoms. The van der Waals surface area contributed by atoms with Crippen molar-refractivity contribution in [1.82, 2.24) is 4.90 Å². The van der Waals surface area contributed by atoms with Crippen molar-refractivity contribution in [3.8, 4) is 0 Å². The molecular formula is C24H26N4O2S. The number of rotatable bonds is 5. The molecule has 2 unspecified atom stereocenters. The van der Waals surface area contributed by atoms with Crippen molar-refractivity contribution in [3.05, 3.63) is 59.7 Å². The maximum absolute atomic E-state index is 12.9.